The van der Waals surface area contributed by atoms with Gasteiger partial charge in [0.2, 0.25) is 11.8 Å². The fraction of sp³-hybridized carbons (Fsp3) is 0.414. The second-order valence-electron chi connectivity index (χ2n) is 10.5. The number of amides is 3. The highest BCUT2D eigenvalue weighted by Gasteiger charge is 2.30. The Labute approximate surface area is 239 Å². The van der Waals surface area contributed by atoms with Crippen molar-refractivity contribution in [3.8, 4) is 0 Å². The number of hydrogen-bond acceptors (Lipinski definition) is 6. The van der Waals surface area contributed by atoms with Crippen molar-refractivity contribution in [2.75, 3.05) is 6.54 Å². The van der Waals surface area contributed by atoms with Gasteiger partial charge in [-0.05, 0) is 44.7 Å². The predicted molar refractivity (Wildman–Crippen MR) is 154 cm³/mol. The Kier molecular flexibility index (Phi) is 12.6. The highest BCUT2D eigenvalue weighted by atomic mass is 16.6. The molecular formula is C29H40N6O6. The number of ether oxygens (including phenoxy) is 1. The highest BCUT2D eigenvalue weighted by Crippen LogP contribution is 2.10. The average molecular weight is 569 g/mol. The van der Waals surface area contributed by atoms with E-state index in [0.29, 0.717) is 6.42 Å². The molecule has 0 fully saturated rings. The van der Waals surface area contributed by atoms with Crippen molar-refractivity contribution in [2.45, 2.75) is 70.2 Å². The summed E-state index contributed by atoms with van der Waals surface area (Å²) >= 11 is 0. The lowest BCUT2D eigenvalue weighted by Crippen LogP contribution is -2.56. The number of carbonyl (C=O) groups excluding carboxylic acids is 3. The Balaban J connectivity index is 2.23. The number of guanidine groups is 1. The first-order valence-electron chi connectivity index (χ1n) is 13.3. The molecule has 12 nitrogen and oxygen atoms in total. The van der Waals surface area contributed by atoms with E-state index in [1.165, 1.54) is 0 Å². The Morgan fingerprint density at radius 1 is 0.829 bits per heavy atom. The molecular weight excluding hydrogens is 528 g/mol. The third-order valence-corrected chi connectivity index (χ3v) is 5.81. The van der Waals surface area contributed by atoms with Crippen LogP contribution in [0.5, 0.6) is 0 Å². The van der Waals surface area contributed by atoms with Gasteiger partial charge in [-0.15, -0.1) is 0 Å². The molecule has 3 atom stereocenters. The van der Waals surface area contributed by atoms with Crippen LogP contribution in [0, 0.1) is 5.41 Å². The molecule has 12 heteroatoms. The molecule has 0 radical (unpaired) electrons. The number of rotatable bonds is 14. The standard InChI is InChI=1S/C29H40N6O6/c1-29(2,3)41-28(40)35-22(17-19-11-6-4-7-12-19)25(37)33-21(15-10-16-32-27(30)31)24(36)34-23(26(38)39)18-20-13-8-5-9-14-20/h4-9,11-14,21-23H,10,15-18H2,1-3H3,(H,33,37)(H,34,36)(H,35,40)(H,38,39)(H4,30,31,32)/t21-,22+,23+/m1/s1. The summed E-state index contributed by atoms with van der Waals surface area (Å²) in [5.74, 6) is -2.80. The van der Waals surface area contributed by atoms with Crippen molar-refractivity contribution in [3.63, 3.8) is 0 Å². The maximum atomic E-state index is 13.5. The van der Waals surface area contributed by atoms with E-state index < -0.39 is 47.6 Å². The van der Waals surface area contributed by atoms with Gasteiger partial charge in [-0.3, -0.25) is 15.0 Å². The van der Waals surface area contributed by atoms with Gasteiger partial charge in [-0.1, -0.05) is 60.7 Å². The summed E-state index contributed by atoms with van der Waals surface area (Å²) in [4.78, 5) is 51.3. The van der Waals surface area contributed by atoms with E-state index >= 15 is 0 Å². The second kappa shape index (κ2) is 15.8. The van der Waals surface area contributed by atoms with Crippen molar-refractivity contribution < 1.29 is 29.0 Å². The molecule has 0 heterocycles. The third kappa shape index (κ3) is 12.9. The Morgan fingerprint density at radius 2 is 1.32 bits per heavy atom. The number of nitrogens with one attached hydrogen (secondary N) is 5. The van der Waals surface area contributed by atoms with Crippen molar-refractivity contribution in [1.82, 2.24) is 21.3 Å². The van der Waals surface area contributed by atoms with Crippen LogP contribution in [0.2, 0.25) is 0 Å². The van der Waals surface area contributed by atoms with E-state index in [1.54, 1.807) is 75.4 Å². The number of benzene rings is 2. The molecule has 3 amide bonds. The molecule has 0 bridgehead atoms. The summed E-state index contributed by atoms with van der Waals surface area (Å²) in [5.41, 5.74) is 6.02. The van der Waals surface area contributed by atoms with E-state index in [0.717, 1.165) is 11.1 Å². The largest absolute Gasteiger partial charge is 0.480 e. The Bertz CT molecular complexity index is 1170. The summed E-state index contributed by atoms with van der Waals surface area (Å²) in [6.45, 7) is 5.35. The SMILES string of the molecule is CC(C)(C)OC(=O)N[C@@H](Cc1ccccc1)C(=O)N[C@H](CCCNC(=N)N)C(=O)N[C@@H](Cc1ccccc1)C(=O)O. The fourth-order valence-electron chi connectivity index (χ4n) is 3.90. The predicted octanol–water partition coefficient (Wildman–Crippen LogP) is 1.68. The first kappa shape index (κ1) is 32.6. The van der Waals surface area contributed by atoms with Crippen molar-refractivity contribution in [2.24, 2.45) is 5.73 Å². The molecule has 0 aliphatic rings. The quantitative estimate of drug-likeness (QED) is 0.101. The molecule has 222 valence electrons. The number of hydrogen-bond donors (Lipinski definition) is 7. The molecule has 0 aliphatic carbocycles. The van der Waals surface area contributed by atoms with Gasteiger partial charge in [-0.25, -0.2) is 9.59 Å². The number of nitrogens with two attached hydrogens (primary N) is 1. The monoisotopic (exact) mass is 568 g/mol. The van der Waals surface area contributed by atoms with Crippen LogP contribution in [0.1, 0.15) is 44.7 Å². The Morgan fingerprint density at radius 3 is 1.80 bits per heavy atom. The molecule has 8 N–H and O–H groups in total. The average Bonchev–Trinajstić information content (AvgIpc) is 2.89. The lowest BCUT2D eigenvalue weighted by atomic mass is 10.0. The molecule has 0 unspecified atom stereocenters. The van der Waals surface area contributed by atoms with E-state index in [9.17, 15) is 24.3 Å². The number of carboxylic acids is 1. The summed E-state index contributed by atoms with van der Waals surface area (Å²) in [7, 11) is 0. The van der Waals surface area contributed by atoms with Crippen LogP contribution in [-0.4, -0.2) is 65.2 Å². The van der Waals surface area contributed by atoms with Gasteiger partial charge >= 0.3 is 12.1 Å². The minimum absolute atomic E-state index is 0.0469. The summed E-state index contributed by atoms with van der Waals surface area (Å²) in [5, 5.41) is 27.5. The van der Waals surface area contributed by atoms with Gasteiger partial charge in [0.25, 0.3) is 0 Å². The lowest BCUT2D eigenvalue weighted by Gasteiger charge is -2.26. The molecule has 2 rings (SSSR count). The van der Waals surface area contributed by atoms with Gasteiger partial charge < -0.3 is 36.8 Å². The normalized spacial score (nSPS) is 13.1. The first-order chi connectivity index (χ1) is 19.3. The topological polar surface area (TPSA) is 196 Å². The number of aliphatic carboxylic acids is 1. The zero-order valence-corrected chi connectivity index (χ0v) is 23.6. The second-order valence-corrected chi connectivity index (χ2v) is 10.5. The van der Waals surface area contributed by atoms with E-state index in [2.05, 4.69) is 21.3 Å². The van der Waals surface area contributed by atoms with Crippen LogP contribution < -0.4 is 27.0 Å². The number of carboxylic acid groups (broad SMARTS) is 1. The first-order valence-corrected chi connectivity index (χ1v) is 13.3. The van der Waals surface area contributed by atoms with Crippen molar-refractivity contribution in [3.05, 3.63) is 71.8 Å². The molecule has 0 spiro atoms. The number of carbonyl (C=O) groups is 4. The van der Waals surface area contributed by atoms with Crippen LogP contribution in [-0.2, 0) is 32.0 Å². The van der Waals surface area contributed by atoms with Crippen LogP contribution in [0.25, 0.3) is 0 Å². The molecule has 0 aromatic heterocycles. The van der Waals surface area contributed by atoms with Crippen molar-refractivity contribution in [1.29, 1.82) is 5.41 Å². The summed E-state index contributed by atoms with van der Waals surface area (Å²) in [6, 6.07) is 14.4. The van der Waals surface area contributed by atoms with Gasteiger partial charge in [0.15, 0.2) is 5.96 Å². The van der Waals surface area contributed by atoms with Crippen LogP contribution in [0.4, 0.5) is 4.79 Å². The minimum Gasteiger partial charge on any atom is -0.480 e. The van der Waals surface area contributed by atoms with Crippen molar-refractivity contribution >= 4 is 29.8 Å². The third-order valence-electron chi connectivity index (χ3n) is 5.81. The smallest absolute Gasteiger partial charge is 0.408 e. The summed E-state index contributed by atoms with van der Waals surface area (Å²) in [6.07, 6.45) is -0.186. The molecule has 2 aromatic rings. The van der Waals surface area contributed by atoms with Gasteiger partial charge in [0.05, 0.1) is 0 Å². The number of alkyl carbamates (subject to hydrolysis) is 1. The molecule has 0 aliphatic heterocycles. The molecule has 0 saturated carbocycles. The zero-order chi connectivity index (χ0) is 30.4. The van der Waals surface area contributed by atoms with Crippen LogP contribution in [0.3, 0.4) is 0 Å². The van der Waals surface area contributed by atoms with E-state index in [4.69, 9.17) is 15.9 Å². The molecule has 41 heavy (non-hydrogen) atoms. The van der Waals surface area contributed by atoms with Gasteiger partial charge in [0, 0.05) is 19.4 Å². The van der Waals surface area contributed by atoms with E-state index in [1.807, 2.05) is 6.07 Å². The molecule has 2 aromatic carbocycles. The minimum atomic E-state index is -1.24. The van der Waals surface area contributed by atoms with Crippen LogP contribution >= 0.6 is 0 Å². The summed E-state index contributed by atoms with van der Waals surface area (Å²) < 4.78 is 5.33. The fourth-order valence-corrected chi connectivity index (χ4v) is 3.90. The Hall–Kier alpha value is -4.61. The maximum absolute atomic E-state index is 13.5. The van der Waals surface area contributed by atoms with Crippen LogP contribution in [0.15, 0.2) is 60.7 Å². The molecule has 0 saturated heterocycles. The maximum Gasteiger partial charge on any atom is 0.408 e. The van der Waals surface area contributed by atoms with Gasteiger partial charge in [-0.2, -0.15) is 0 Å². The highest BCUT2D eigenvalue weighted by molar-refractivity contribution is 5.93. The zero-order valence-electron chi connectivity index (χ0n) is 23.6. The lowest BCUT2D eigenvalue weighted by molar-refractivity contribution is -0.142. The van der Waals surface area contributed by atoms with E-state index in [-0.39, 0.29) is 31.8 Å². The van der Waals surface area contributed by atoms with Gasteiger partial charge in [0.1, 0.15) is 23.7 Å².